The molecule has 0 aliphatic heterocycles. The van der Waals surface area contributed by atoms with Crippen molar-refractivity contribution >= 4 is 5.82 Å². The Bertz CT molecular complexity index is 648. The Balaban J connectivity index is 1.59. The Morgan fingerprint density at radius 1 is 1.27 bits per heavy atom. The van der Waals surface area contributed by atoms with E-state index in [4.69, 9.17) is 4.74 Å². The molecule has 6 nitrogen and oxygen atoms in total. The first-order chi connectivity index (χ1) is 10.6. The highest BCUT2D eigenvalue weighted by Gasteiger charge is 2.20. The highest BCUT2D eigenvalue weighted by atomic mass is 16.5. The van der Waals surface area contributed by atoms with Crippen molar-refractivity contribution in [3.63, 3.8) is 0 Å². The van der Waals surface area contributed by atoms with Crippen molar-refractivity contribution < 1.29 is 4.74 Å². The molecule has 0 unspecified atom stereocenters. The maximum atomic E-state index is 5.75. The molecule has 2 heterocycles. The van der Waals surface area contributed by atoms with E-state index in [9.17, 15) is 0 Å². The molecule has 2 aromatic rings. The molecule has 0 bridgehead atoms. The highest BCUT2D eigenvalue weighted by Crippen LogP contribution is 2.32. The zero-order valence-electron chi connectivity index (χ0n) is 13.5. The average Bonchev–Trinajstić information content (AvgIpc) is 3.21. The Morgan fingerprint density at radius 3 is 2.77 bits per heavy atom. The van der Waals surface area contributed by atoms with Gasteiger partial charge in [-0.25, -0.2) is 4.98 Å². The number of aryl methyl sites for hydroxylation is 3. The zero-order chi connectivity index (χ0) is 15.5. The molecule has 1 aliphatic rings. The van der Waals surface area contributed by atoms with Gasteiger partial charge in [0.2, 0.25) is 5.88 Å². The van der Waals surface area contributed by atoms with Gasteiger partial charge in [-0.1, -0.05) is 12.8 Å². The molecule has 0 saturated heterocycles. The minimum Gasteiger partial charge on any atom is -0.478 e. The maximum absolute atomic E-state index is 5.75. The summed E-state index contributed by atoms with van der Waals surface area (Å²) in [4.78, 5) is 8.75. The van der Waals surface area contributed by atoms with E-state index in [0.717, 1.165) is 36.2 Å². The van der Waals surface area contributed by atoms with Gasteiger partial charge in [0.15, 0.2) is 0 Å². The van der Waals surface area contributed by atoms with Crippen molar-refractivity contribution in [2.24, 2.45) is 13.0 Å². The van der Waals surface area contributed by atoms with Gasteiger partial charge in [-0.05, 0) is 32.3 Å². The number of hydrogen-bond acceptors (Lipinski definition) is 5. The van der Waals surface area contributed by atoms with E-state index in [1.165, 1.54) is 12.8 Å². The molecule has 0 aromatic carbocycles. The smallest absolute Gasteiger partial charge is 0.218 e. The Hall–Kier alpha value is -2.11. The van der Waals surface area contributed by atoms with Crippen LogP contribution in [0.2, 0.25) is 0 Å². The van der Waals surface area contributed by atoms with Crippen LogP contribution in [0, 0.1) is 19.8 Å². The van der Waals surface area contributed by atoms with Crippen LogP contribution in [0.3, 0.4) is 0 Å². The summed E-state index contributed by atoms with van der Waals surface area (Å²) < 4.78 is 7.63. The van der Waals surface area contributed by atoms with Crippen molar-refractivity contribution in [1.29, 1.82) is 0 Å². The van der Waals surface area contributed by atoms with Crippen LogP contribution in [0.15, 0.2) is 12.1 Å². The summed E-state index contributed by atoms with van der Waals surface area (Å²) in [6.07, 6.45) is 3.83. The largest absolute Gasteiger partial charge is 0.478 e. The summed E-state index contributed by atoms with van der Waals surface area (Å²) in [5.74, 6) is 3.02. The lowest BCUT2D eigenvalue weighted by atomic mass is 10.3. The second kappa shape index (κ2) is 6.34. The third-order valence-electron chi connectivity index (χ3n) is 3.84. The number of hydrogen-bond donors (Lipinski definition) is 1. The van der Waals surface area contributed by atoms with Gasteiger partial charge in [-0.15, -0.1) is 0 Å². The standard InChI is InChI=1S/C16H23N5O/c1-11-8-14(21(3)20-11)10-17-15-9-16(19-12(2)18-15)22-7-6-13-4-5-13/h8-9,13H,4-7,10H2,1-3H3,(H,17,18,19). The number of anilines is 1. The van der Waals surface area contributed by atoms with Crippen molar-refractivity contribution in [2.75, 3.05) is 11.9 Å². The summed E-state index contributed by atoms with van der Waals surface area (Å²) in [5.41, 5.74) is 2.13. The SMILES string of the molecule is Cc1cc(CNc2cc(OCCC3CC3)nc(C)n2)n(C)n1. The highest BCUT2D eigenvalue weighted by molar-refractivity contribution is 5.38. The molecule has 1 N–H and O–H groups in total. The van der Waals surface area contributed by atoms with Gasteiger partial charge in [0, 0.05) is 13.1 Å². The van der Waals surface area contributed by atoms with Gasteiger partial charge in [0.25, 0.3) is 0 Å². The fourth-order valence-electron chi connectivity index (χ4n) is 2.45. The topological polar surface area (TPSA) is 64.9 Å². The summed E-state index contributed by atoms with van der Waals surface area (Å²) in [7, 11) is 1.95. The van der Waals surface area contributed by atoms with Crippen LogP contribution < -0.4 is 10.1 Å². The van der Waals surface area contributed by atoms with E-state index in [1.807, 2.05) is 31.6 Å². The van der Waals surface area contributed by atoms with Gasteiger partial charge >= 0.3 is 0 Å². The lowest BCUT2D eigenvalue weighted by molar-refractivity contribution is 0.290. The van der Waals surface area contributed by atoms with Crippen LogP contribution in [-0.2, 0) is 13.6 Å². The number of rotatable bonds is 7. The summed E-state index contributed by atoms with van der Waals surface area (Å²) in [6.45, 7) is 5.29. The van der Waals surface area contributed by atoms with E-state index < -0.39 is 0 Å². The summed E-state index contributed by atoms with van der Waals surface area (Å²) >= 11 is 0. The normalized spacial score (nSPS) is 14.1. The Labute approximate surface area is 130 Å². The van der Waals surface area contributed by atoms with E-state index in [1.54, 1.807) is 0 Å². The van der Waals surface area contributed by atoms with Crippen molar-refractivity contribution in [3.8, 4) is 5.88 Å². The lowest BCUT2D eigenvalue weighted by Crippen LogP contribution is -2.08. The zero-order valence-corrected chi connectivity index (χ0v) is 13.5. The lowest BCUT2D eigenvalue weighted by Gasteiger charge is -2.09. The molecule has 22 heavy (non-hydrogen) atoms. The van der Waals surface area contributed by atoms with Crippen LogP contribution in [0.1, 0.15) is 36.5 Å². The molecule has 0 amide bonds. The molecule has 6 heteroatoms. The monoisotopic (exact) mass is 301 g/mol. The fourth-order valence-corrected chi connectivity index (χ4v) is 2.45. The third-order valence-corrected chi connectivity index (χ3v) is 3.84. The van der Waals surface area contributed by atoms with Gasteiger partial charge in [0.05, 0.1) is 24.5 Å². The average molecular weight is 301 g/mol. The maximum Gasteiger partial charge on any atom is 0.218 e. The molecule has 0 spiro atoms. The molecule has 1 aliphatic carbocycles. The van der Waals surface area contributed by atoms with Gasteiger partial charge < -0.3 is 10.1 Å². The van der Waals surface area contributed by atoms with Crippen LogP contribution in [0.4, 0.5) is 5.82 Å². The van der Waals surface area contributed by atoms with Crippen molar-refractivity contribution in [1.82, 2.24) is 19.7 Å². The Kier molecular flexibility index (Phi) is 4.27. The minimum atomic E-state index is 0.650. The van der Waals surface area contributed by atoms with E-state index in [2.05, 4.69) is 26.4 Å². The first kappa shape index (κ1) is 14.8. The quantitative estimate of drug-likeness (QED) is 0.851. The molecular weight excluding hydrogens is 278 g/mol. The van der Waals surface area contributed by atoms with Crippen molar-refractivity contribution in [3.05, 3.63) is 29.3 Å². The molecule has 3 rings (SSSR count). The number of aromatic nitrogens is 4. The van der Waals surface area contributed by atoms with Gasteiger partial charge in [-0.3, -0.25) is 4.68 Å². The molecule has 1 fully saturated rings. The summed E-state index contributed by atoms with van der Waals surface area (Å²) in [6, 6.07) is 3.93. The molecular formula is C16H23N5O. The van der Waals surface area contributed by atoms with E-state index in [0.29, 0.717) is 18.2 Å². The number of nitrogens with zero attached hydrogens (tertiary/aromatic N) is 4. The first-order valence-electron chi connectivity index (χ1n) is 7.82. The second-order valence-corrected chi connectivity index (χ2v) is 5.97. The third kappa shape index (κ3) is 3.96. The molecule has 0 radical (unpaired) electrons. The van der Waals surface area contributed by atoms with Crippen LogP contribution in [0.25, 0.3) is 0 Å². The fraction of sp³-hybridized carbons (Fsp3) is 0.562. The van der Waals surface area contributed by atoms with E-state index >= 15 is 0 Å². The second-order valence-electron chi connectivity index (χ2n) is 5.97. The van der Waals surface area contributed by atoms with Crippen LogP contribution >= 0.6 is 0 Å². The van der Waals surface area contributed by atoms with Crippen molar-refractivity contribution in [2.45, 2.75) is 39.7 Å². The predicted octanol–water partition coefficient (Wildman–Crippen LogP) is 2.62. The number of nitrogens with one attached hydrogen (secondary N) is 1. The minimum absolute atomic E-state index is 0.650. The molecule has 118 valence electrons. The first-order valence-corrected chi connectivity index (χ1v) is 7.82. The predicted molar refractivity (Wildman–Crippen MR) is 84.9 cm³/mol. The van der Waals surface area contributed by atoms with Gasteiger partial charge in [-0.2, -0.15) is 10.1 Å². The molecule has 0 atom stereocenters. The van der Waals surface area contributed by atoms with E-state index in [-0.39, 0.29) is 0 Å². The number of ether oxygens (including phenoxy) is 1. The van der Waals surface area contributed by atoms with Gasteiger partial charge in [0.1, 0.15) is 11.6 Å². The molecule has 2 aromatic heterocycles. The molecule has 1 saturated carbocycles. The Morgan fingerprint density at radius 2 is 2.09 bits per heavy atom. The van der Waals surface area contributed by atoms with Crippen LogP contribution in [0.5, 0.6) is 5.88 Å². The van der Waals surface area contributed by atoms with Crippen LogP contribution in [-0.4, -0.2) is 26.4 Å². The summed E-state index contributed by atoms with van der Waals surface area (Å²) in [5, 5.41) is 7.66.